The highest BCUT2D eigenvalue weighted by molar-refractivity contribution is 6.74. The average Bonchev–Trinajstić information content (AvgIpc) is 2.76. The molecule has 3 heteroatoms. The molecule has 158 valence electrons. The highest BCUT2D eigenvalue weighted by Crippen LogP contribution is 2.32. The van der Waals surface area contributed by atoms with Gasteiger partial charge in [0.2, 0.25) is 8.32 Å². The molecule has 0 N–H and O–H groups in total. The number of nitrogens with zero attached hydrogens (tertiary/aromatic N) is 1. The molecule has 0 aromatic heterocycles. The van der Waals surface area contributed by atoms with Gasteiger partial charge in [-0.2, -0.15) is 4.85 Å². The van der Waals surface area contributed by atoms with E-state index in [1.807, 2.05) is 36.4 Å². The second-order valence-corrected chi connectivity index (χ2v) is 11.9. The van der Waals surface area contributed by atoms with Gasteiger partial charge in [-0.3, -0.25) is 0 Å². The summed E-state index contributed by atoms with van der Waals surface area (Å²) in [6.45, 7) is 14.4. The summed E-state index contributed by atoms with van der Waals surface area (Å²) in [5, 5.41) is 0. The molecule has 0 aliphatic heterocycles. The number of rotatable bonds is 14. The van der Waals surface area contributed by atoms with Gasteiger partial charge in [-0.1, -0.05) is 89.3 Å². The Morgan fingerprint density at radius 2 is 1.55 bits per heavy atom. The highest BCUT2D eigenvalue weighted by atomic mass is 28.4. The molecule has 0 heterocycles. The van der Waals surface area contributed by atoms with Crippen molar-refractivity contribution in [2.24, 2.45) is 0 Å². The molecule has 0 fully saturated rings. The van der Waals surface area contributed by atoms with Crippen molar-refractivity contribution in [2.75, 3.05) is 0 Å². The van der Waals surface area contributed by atoms with Gasteiger partial charge in [-0.05, 0) is 49.2 Å². The largest absolute Gasteiger partial charge is 0.572 e. The SMILES string of the molecule is [C-]#[N+]/C(=C/CCCC#Cc1ccccc1)O[Si](CCCC)(CCCC)CCCC. The van der Waals surface area contributed by atoms with Gasteiger partial charge >= 0.3 is 5.88 Å². The molecular weight excluding hydrogens is 370 g/mol. The minimum Gasteiger partial charge on any atom is -0.572 e. The number of benzene rings is 1. The lowest BCUT2D eigenvalue weighted by molar-refractivity contribution is 0.407. The van der Waals surface area contributed by atoms with Gasteiger partial charge < -0.3 is 4.43 Å². The molecule has 0 saturated heterocycles. The second-order valence-electron chi connectivity index (χ2n) is 7.81. The Morgan fingerprint density at radius 3 is 2.07 bits per heavy atom. The first-order valence-electron chi connectivity index (χ1n) is 11.5. The van der Waals surface area contributed by atoms with Crippen LogP contribution in [0.4, 0.5) is 0 Å². The van der Waals surface area contributed by atoms with Crippen LogP contribution >= 0.6 is 0 Å². The van der Waals surface area contributed by atoms with Crippen LogP contribution in [-0.2, 0) is 4.43 Å². The first-order valence-corrected chi connectivity index (χ1v) is 14.0. The number of unbranched alkanes of at least 4 members (excludes halogenated alkanes) is 5. The zero-order valence-corrected chi connectivity index (χ0v) is 19.8. The minimum atomic E-state index is -1.87. The van der Waals surface area contributed by atoms with E-state index in [-0.39, 0.29) is 0 Å². The predicted octanol–water partition coefficient (Wildman–Crippen LogP) is 8.33. The minimum absolute atomic E-state index is 0.552. The molecule has 0 amide bonds. The maximum atomic E-state index is 7.63. The first kappa shape index (κ1) is 25.1. The van der Waals surface area contributed by atoms with Gasteiger partial charge in [0.15, 0.2) is 0 Å². The van der Waals surface area contributed by atoms with Crippen molar-refractivity contribution in [2.45, 2.75) is 96.7 Å². The third-order valence-corrected chi connectivity index (χ3v) is 9.66. The van der Waals surface area contributed by atoms with E-state index in [9.17, 15) is 0 Å². The summed E-state index contributed by atoms with van der Waals surface area (Å²) in [5.74, 6) is 6.99. The first-order chi connectivity index (χ1) is 14.2. The summed E-state index contributed by atoms with van der Waals surface area (Å²) in [7, 11) is -1.87. The zero-order chi connectivity index (χ0) is 21.2. The number of hydrogen-bond acceptors (Lipinski definition) is 1. The molecule has 1 aromatic carbocycles. The standard InChI is InChI=1S/C26H39NOSi/c1-5-8-22-29(23-9-6-2,24-10-7-3)28-26(27-4)21-17-12-11-14-18-25-19-15-13-16-20-25/h13,15-16,19-21H,5-12,17,22-24H2,1-3H3/b26-21-. The molecule has 0 saturated carbocycles. The Kier molecular flexibility index (Phi) is 13.7. The Labute approximate surface area is 180 Å². The average molecular weight is 410 g/mol. The molecule has 2 nitrogen and oxygen atoms in total. The summed E-state index contributed by atoms with van der Waals surface area (Å²) in [4.78, 5) is 3.75. The fraction of sp³-hybridized carbons (Fsp3) is 0.577. The molecule has 0 atom stereocenters. The fourth-order valence-electron chi connectivity index (χ4n) is 3.46. The summed E-state index contributed by atoms with van der Waals surface area (Å²) in [5.41, 5.74) is 1.06. The van der Waals surface area contributed by atoms with Crippen LogP contribution < -0.4 is 0 Å². The van der Waals surface area contributed by atoms with Gasteiger partial charge in [0.1, 0.15) is 0 Å². The Hall–Kier alpha value is -1.97. The second kappa shape index (κ2) is 15.9. The van der Waals surface area contributed by atoms with Crippen LogP contribution in [0.25, 0.3) is 4.85 Å². The third-order valence-electron chi connectivity index (χ3n) is 5.22. The van der Waals surface area contributed by atoms with Crippen LogP contribution in [0.1, 0.15) is 84.1 Å². The third kappa shape index (κ3) is 11.0. The van der Waals surface area contributed by atoms with Crippen molar-refractivity contribution >= 4 is 8.32 Å². The summed E-state index contributed by atoms with van der Waals surface area (Å²) in [6, 6.07) is 13.7. The van der Waals surface area contributed by atoms with E-state index in [4.69, 9.17) is 11.0 Å². The summed E-state index contributed by atoms with van der Waals surface area (Å²) < 4.78 is 6.58. The monoisotopic (exact) mass is 409 g/mol. The van der Waals surface area contributed by atoms with Crippen LogP contribution in [0, 0.1) is 18.4 Å². The van der Waals surface area contributed by atoms with E-state index in [0.29, 0.717) is 5.88 Å². The maximum absolute atomic E-state index is 7.63. The van der Waals surface area contributed by atoms with E-state index < -0.39 is 8.32 Å². The molecule has 0 aliphatic rings. The van der Waals surface area contributed by atoms with Crippen molar-refractivity contribution in [1.29, 1.82) is 0 Å². The maximum Gasteiger partial charge on any atom is 0.323 e. The van der Waals surface area contributed by atoms with Crippen LogP contribution in [-0.4, -0.2) is 8.32 Å². The number of hydrogen-bond donors (Lipinski definition) is 0. The van der Waals surface area contributed by atoms with Gasteiger partial charge in [0.25, 0.3) is 0 Å². The predicted molar refractivity (Wildman–Crippen MR) is 128 cm³/mol. The molecule has 0 unspecified atom stereocenters. The van der Waals surface area contributed by atoms with Crippen LogP contribution in [0.2, 0.25) is 18.1 Å². The van der Waals surface area contributed by atoms with Crippen LogP contribution in [0.3, 0.4) is 0 Å². The van der Waals surface area contributed by atoms with Crippen molar-refractivity contribution in [3.05, 3.63) is 59.3 Å². The molecule has 1 aromatic rings. The normalized spacial score (nSPS) is 11.4. The topological polar surface area (TPSA) is 13.6 Å². The Balaban J connectivity index is 2.67. The summed E-state index contributed by atoms with van der Waals surface area (Å²) in [6.07, 6.45) is 12.0. The van der Waals surface area contributed by atoms with Crippen LogP contribution in [0.15, 0.2) is 42.3 Å². The molecule has 0 aliphatic carbocycles. The van der Waals surface area contributed by atoms with Crippen LogP contribution in [0.5, 0.6) is 0 Å². The van der Waals surface area contributed by atoms with Gasteiger partial charge in [0, 0.05) is 12.0 Å². The Morgan fingerprint density at radius 1 is 0.966 bits per heavy atom. The van der Waals surface area contributed by atoms with E-state index in [2.05, 4.69) is 37.5 Å². The fourth-order valence-corrected chi connectivity index (χ4v) is 8.08. The van der Waals surface area contributed by atoms with Gasteiger partial charge in [0.05, 0.1) is 6.57 Å². The zero-order valence-electron chi connectivity index (χ0n) is 18.8. The molecule has 0 spiro atoms. The van der Waals surface area contributed by atoms with Crippen molar-refractivity contribution < 1.29 is 4.43 Å². The Bertz CT molecular complexity index is 656. The lowest BCUT2D eigenvalue weighted by Crippen LogP contribution is -2.37. The van der Waals surface area contributed by atoms with Crippen molar-refractivity contribution in [3.8, 4) is 11.8 Å². The van der Waals surface area contributed by atoms with E-state index in [1.54, 1.807) is 0 Å². The van der Waals surface area contributed by atoms with Gasteiger partial charge in [-0.15, -0.1) is 0 Å². The molecule has 0 radical (unpaired) electrons. The lowest BCUT2D eigenvalue weighted by atomic mass is 10.2. The quantitative estimate of drug-likeness (QED) is 0.0989. The smallest absolute Gasteiger partial charge is 0.323 e. The molecule has 0 bridgehead atoms. The van der Waals surface area contributed by atoms with Gasteiger partial charge in [-0.25, -0.2) is 0 Å². The molecule has 29 heavy (non-hydrogen) atoms. The lowest BCUT2D eigenvalue weighted by Gasteiger charge is -2.33. The van der Waals surface area contributed by atoms with Crippen molar-refractivity contribution in [3.63, 3.8) is 0 Å². The molecular formula is C26H39NOSi. The van der Waals surface area contributed by atoms with E-state index >= 15 is 0 Å². The van der Waals surface area contributed by atoms with E-state index in [1.165, 1.54) is 56.7 Å². The molecule has 1 rings (SSSR count). The van der Waals surface area contributed by atoms with Crippen molar-refractivity contribution in [1.82, 2.24) is 0 Å². The number of allylic oxidation sites excluding steroid dienone is 1. The highest BCUT2D eigenvalue weighted by Gasteiger charge is 2.35. The van der Waals surface area contributed by atoms with E-state index in [0.717, 1.165) is 24.8 Å². The summed E-state index contributed by atoms with van der Waals surface area (Å²) >= 11 is 0.